The van der Waals surface area contributed by atoms with Crippen molar-refractivity contribution < 1.29 is 19.1 Å². The number of aryl methyl sites for hydroxylation is 2. The second-order valence-electron chi connectivity index (χ2n) is 6.63. The number of rotatable bonds is 6. The van der Waals surface area contributed by atoms with Crippen LogP contribution in [0.15, 0.2) is 24.8 Å². The first-order valence-electron chi connectivity index (χ1n) is 8.94. The fourth-order valence-corrected chi connectivity index (χ4v) is 2.99. The Morgan fingerprint density at radius 3 is 2.54 bits per heavy atom. The van der Waals surface area contributed by atoms with Crippen molar-refractivity contribution in [2.24, 2.45) is 0 Å². The highest BCUT2D eigenvalue weighted by Crippen LogP contribution is 2.25. The molecule has 142 valence electrons. The number of carbonyl (C=O) groups is 2. The molecular weight excluding hydrogens is 332 g/mol. The van der Waals surface area contributed by atoms with Crippen LogP contribution in [0.3, 0.4) is 0 Å². The standard InChI is InChI=1S/C20H28N2O4/c1-5-12-25-20(24)21-17-8-10-22(11-9-17)18(23)13-26-19-15(3)7-6-14(2)16(19)4/h5-7,17H,1,8-13H2,2-4H3,(H,21,24). The average molecular weight is 360 g/mol. The predicted molar refractivity (Wildman–Crippen MR) is 100 cm³/mol. The Morgan fingerprint density at radius 2 is 1.88 bits per heavy atom. The molecule has 1 heterocycles. The lowest BCUT2D eigenvalue weighted by atomic mass is 10.0. The zero-order valence-electron chi connectivity index (χ0n) is 15.8. The number of ether oxygens (including phenoxy) is 2. The molecule has 0 spiro atoms. The van der Waals surface area contributed by atoms with E-state index in [9.17, 15) is 9.59 Å². The summed E-state index contributed by atoms with van der Waals surface area (Å²) in [5.41, 5.74) is 3.24. The van der Waals surface area contributed by atoms with Gasteiger partial charge < -0.3 is 19.7 Å². The first-order chi connectivity index (χ1) is 12.4. The first-order valence-corrected chi connectivity index (χ1v) is 8.94. The molecule has 1 aliphatic heterocycles. The van der Waals surface area contributed by atoms with E-state index in [1.54, 1.807) is 4.90 Å². The zero-order valence-corrected chi connectivity index (χ0v) is 15.8. The van der Waals surface area contributed by atoms with Crippen LogP contribution < -0.4 is 10.1 Å². The van der Waals surface area contributed by atoms with E-state index in [1.165, 1.54) is 6.08 Å². The molecule has 1 aromatic carbocycles. The first kappa shape index (κ1) is 19.8. The molecule has 0 radical (unpaired) electrons. The number of carbonyl (C=O) groups excluding carboxylic acids is 2. The van der Waals surface area contributed by atoms with E-state index in [1.807, 2.05) is 26.8 Å². The van der Waals surface area contributed by atoms with Crippen LogP contribution in [-0.4, -0.2) is 49.2 Å². The van der Waals surface area contributed by atoms with Crippen molar-refractivity contribution in [1.29, 1.82) is 0 Å². The topological polar surface area (TPSA) is 67.9 Å². The van der Waals surface area contributed by atoms with Gasteiger partial charge >= 0.3 is 6.09 Å². The SMILES string of the molecule is C=CCOC(=O)NC1CCN(C(=O)COc2c(C)ccc(C)c2C)CC1. The molecule has 0 aromatic heterocycles. The normalized spacial score (nSPS) is 14.7. The molecule has 0 atom stereocenters. The van der Waals surface area contributed by atoms with Gasteiger partial charge in [-0.3, -0.25) is 4.79 Å². The third kappa shape index (κ3) is 5.25. The summed E-state index contributed by atoms with van der Waals surface area (Å²) in [6, 6.07) is 4.08. The molecule has 1 aromatic rings. The van der Waals surface area contributed by atoms with Crippen molar-refractivity contribution in [3.63, 3.8) is 0 Å². The lowest BCUT2D eigenvalue weighted by Crippen LogP contribution is -2.47. The second kappa shape index (κ2) is 9.27. The molecule has 0 aliphatic carbocycles. The summed E-state index contributed by atoms with van der Waals surface area (Å²) in [4.78, 5) is 25.8. The summed E-state index contributed by atoms with van der Waals surface area (Å²) in [7, 11) is 0. The monoisotopic (exact) mass is 360 g/mol. The maximum Gasteiger partial charge on any atom is 0.407 e. The Kier molecular flexibility index (Phi) is 7.06. The van der Waals surface area contributed by atoms with Crippen LogP contribution in [0.4, 0.5) is 4.79 Å². The summed E-state index contributed by atoms with van der Waals surface area (Å²) >= 11 is 0. The number of hydrogen-bond donors (Lipinski definition) is 1. The van der Waals surface area contributed by atoms with Crippen LogP contribution in [0.5, 0.6) is 5.75 Å². The van der Waals surface area contributed by atoms with Crippen LogP contribution in [0, 0.1) is 20.8 Å². The molecule has 0 unspecified atom stereocenters. The Labute approximate surface area is 155 Å². The summed E-state index contributed by atoms with van der Waals surface area (Å²) in [5.74, 6) is 0.762. The van der Waals surface area contributed by atoms with E-state index in [0.29, 0.717) is 25.9 Å². The van der Waals surface area contributed by atoms with Crippen LogP contribution in [0.1, 0.15) is 29.5 Å². The lowest BCUT2D eigenvalue weighted by molar-refractivity contribution is -0.134. The third-order valence-corrected chi connectivity index (χ3v) is 4.72. The smallest absolute Gasteiger partial charge is 0.407 e. The molecule has 0 bridgehead atoms. The molecule has 1 fully saturated rings. The third-order valence-electron chi connectivity index (χ3n) is 4.72. The molecule has 2 amide bonds. The van der Waals surface area contributed by atoms with Crippen molar-refractivity contribution in [3.05, 3.63) is 41.5 Å². The van der Waals surface area contributed by atoms with Crippen LogP contribution >= 0.6 is 0 Å². The van der Waals surface area contributed by atoms with Gasteiger partial charge in [-0.15, -0.1) is 0 Å². The number of piperidine rings is 1. The van der Waals surface area contributed by atoms with Crippen LogP contribution in [-0.2, 0) is 9.53 Å². The van der Waals surface area contributed by atoms with Crippen LogP contribution in [0.2, 0.25) is 0 Å². The minimum absolute atomic E-state index is 0.0264. The highest BCUT2D eigenvalue weighted by Gasteiger charge is 2.24. The molecular formula is C20H28N2O4. The fraction of sp³-hybridized carbons (Fsp3) is 0.500. The van der Waals surface area contributed by atoms with Gasteiger partial charge in [-0.2, -0.15) is 0 Å². The number of hydrogen-bond acceptors (Lipinski definition) is 4. The summed E-state index contributed by atoms with van der Waals surface area (Å²) in [6.45, 7) is 10.9. The van der Waals surface area contributed by atoms with Crippen molar-refractivity contribution in [2.75, 3.05) is 26.3 Å². The fourth-order valence-electron chi connectivity index (χ4n) is 2.99. The van der Waals surface area contributed by atoms with Crippen molar-refractivity contribution in [3.8, 4) is 5.75 Å². The van der Waals surface area contributed by atoms with E-state index in [2.05, 4.69) is 18.0 Å². The molecule has 1 N–H and O–H groups in total. The highest BCUT2D eigenvalue weighted by molar-refractivity contribution is 5.78. The van der Waals surface area contributed by atoms with Crippen LogP contribution in [0.25, 0.3) is 0 Å². The highest BCUT2D eigenvalue weighted by atomic mass is 16.5. The Balaban J connectivity index is 1.79. The molecule has 6 nitrogen and oxygen atoms in total. The van der Waals surface area contributed by atoms with Gasteiger partial charge in [-0.25, -0.2) is 4.79 Å². The predicted octanol–water partition coefficient (Wildman–Crippen LogP) is 2.89. The molecule has 1 aliphatic rings. The maximum absolute atomic E-state index is 12.4. The van der Waals surface area contributed by atoms with E-state index >= 15 is 0 Å². The van der Waals surface area contributed by atoms with Gasteiger partial charge in [0.1, 0.15) is 12.4 Å². The minimum Gasteiger partial charge on any atom is -0.483 e. The zero-order chi connectivity index (χ0) is 19.1. The van der Waals surface area contributed by atoms with Crippen molar-refractivity contribution >= 4 is 12.0 Å². The van der Waals surface area contributed by atoms with Gasteiger partial charge in [0.05, 0.1) is 0 Å². The number of alkyl carbamates (subject to hydrolysis) is 1. The van der Waals surface area contributed by atoms with Gasteiger partial charge in [0.2, 0.25) is 0 Å². The van der Waals surface area contributed by atoms with Gasteiger partial charge in [0.15, 0.2) is 6.61 Å². The average Bonchev–Trinajstić information content (AvgIpc) is 2.63. The molecule has 6 heteroatoms. The second-order valence-corrected chi connectivity index (χ2v) is 6.63. The summed E-state index contributed by atoms with van der Waals surface area (Å²) in [5, 5.41) is 2.81. The molecule has 26 heavy (non-hydrogen) atoms. The van der Waals surface area contributed by atoms with E-state index < -0.39 is 6.09 Å². The van der Waals surface area contributed by atoms with E-state index in [4.69, 9.17) is 9.47 Å². The summed E-state index contributed by atoms with van der Waals surface area (Å²) < 4.78 is 10.7. The number of nitrogens with zero attached hydrogens (tertiary/aromatic N) is 1. The van der Waals surface area contributed by atoms with Crippen molar-refractivity contribution in [1.82, 2.24) is 10.2 Å². The largest absolute Gasteiger partial charge is 0.483 e. The minimum atomic E-state index is -0.441. The van der Waals surface area contributed by atoms with E-state index in [-0.39, 0.29) is 25.2 Å². The van der Waals surface area contributed by atoms with Crippen molar-refractivity contribution in [2.45, 2.75) is 39.7 Å². The van der Waals surface area contributed by atoms with Gasteiger partial charge in [-0.1, -0.05) is 24.8 Å². The number of benzene rings is 1. The Bertz CT molecular complexity index is 664. The van der Waals surface area contributed by atoms with E-state index in [0.717, 1.165) is 22.4 Å². The number of likely N-dealkylation sites (tertiary alicyclic amines) is 1. The molecule has 0 saturated carbocycles. The maximum atomic E-state index is 12.4. The van der Waals surface area contributed by atoms with Gasteiger partial charge in [-0.05, 0) is 50.3 Å². The molecule has 2 rings (SSSR count). The molecule has 1 saturated heterocycles. The summed E-state index contributed by atoms with van der Waals surface area (Å²) in [6.07, 6.45) is 2.50. The quantitative estimate of drug-likeness (QED) is 0.792. The van der Waals surface area contributed by atoms with Gasteiger partial charge in [0.25, 0.3) is 5.91 Å². The Morgan fingerprint density at radius 1 is 1.23 bits per heavy atom. The van der Waals surface area contributed by atoms with Gasteiger partial charge in [0, 0.05) is 19.1 Å². The number of amides is 2. The Hall–Kier alpha value is -2.50. The lowest BCUT2D eigenvalue weighted by Gasteiger charge is -2.32. The number of nitrogens with one attached hydrogen (secondary N) is 1.